The number of methoxy groups -OCH3 is 3. The lowest BCUT2D eigenvalue weighted by Gasteiger charge is -2.14. The number of carbonyl (C=O) groups is 1. The minimum absolute atomic E-state index is 0.205. The molecule has 1 heterocycles. The number of aryl methyl sites for hydroxylation is 1. The van der Waals surface area contributed by atoms with E-state index < -0.39 is 0 Å². The molecule has 1 N–H and O–H groups in total. The molecular weight excluding hydrogens is 394 g/mol. The van der Waals surface area contributed by atoms with Gasteiger partial charge in [-0.15, -0.1) is 0 Å². The summed E-state index contributed by atoms with van der Waals surface area (Å²) >= 11 is 0. The number of rotatable bonds is 10. The number of hydrogen-bond acceptors (Lipinski definition) is 5. The fraction of sp³-hybridized carbons (Fsp3) is 0.417. The molecule has 0 aliphatic rings. The molecule has 0 bridgehead atoms. The average Bonchev–Trinajstić information content (AvgIpc) is 3.13. The summed E-state index contributed by atoms with van der Waals surface area (Å²) in [5.74, 6) is 2.73. The van der Waals surface area contributed by atoms with Crippen LogP contribution >= 0.6 is 0 Å². The van der Waals surface area contributed by atoms with Crippen LogP contribution in [-0.4, -0.2) is 43.3 Å². The smallest absolute Gasteiger partial charge is 0.251 e. The zero-order valence-corrected chi connectivity index (χ0v) is 18.9. The van der Waals surface area contributed by atoms with Crippen molar-refractivity contribution in [2.75, 3.05) is 27.9 Å². The number of nitrogens with one attached hydrogen (secondary N) is 1. The summed E-state index contributed by atoms with van der Waals surface area (Å²) in [4.78, 5) is 17.5. The van der Waals surface area contributed by atoms with Gasteiger partial charge < -0.3 is 24.1 Å². The average molecular weight is 426 g/mol. The minimum atomic E-state index is -0.205. The lowest BCUT2D eigenvalue weighted by atomic mass is 10.1. The molecule has 0 fully saturated rings. The van der Waals surface area contributed by atoms with Crippen molar-refractivity contribution in [2.45, 2.75) is 33.2 Å². The van der Waals surface area contributed by atoms with Crippen LogP contribution in [0.4, 0.5) is 0 Å². The summed E-state index contributed by atoms with van der Waals surface area (Å²) in [5.41, 5.74) is 2.56. The summed E-state index contributed by atoms with van der Waals surface area (Å²) in [6.07, 6.45) is 1.72. The van der Waals surface area contributed by atoms with Gasteiger partial charge >= 0.3 is 0 Å². The molecule has 166 valence electrons. The Morgan fingerprint density at radius 3 is 2.35 bits per heavy atom. The molecule has 3 rings (SSSR count). The molecule has 31 heavy (non-hydrogen) atoms. The molecule has 1 aromatic heterocycles. The van der Waals surface area contributed by atoms with E-state index in [1.807, 2.05) is 18.2 Å². The molecule has 0 aliphatic carbocycles. The number of imidazole rings is 1. The number of benzene rings is 2. The van der Waals surface area contributed by atoms with Gasteiger partial charge in [0.2, 0.25) is 5.75 Å². The van der Waals surface area contributed by atoms with Crippen molar-refractivity contribution >= 4 is 16.9 Å². The number of hydrogen-bond donors (Lipinski definition) is 1. The van der Waals surface area contributed by atoms with Crippen molar-refractivity contribution in [3.63, 3.8) is 0 Å². The third-order valence-corrected chi connectivity index (χ3v) is 5.22. The van der Waals surface area contributed by atoms with E-state index in [2.05, 4.69) is 29.8 Å². The molecule has 3 aromatic rings. The van der Waals surface area contributed by atoms with E-state index in [1.165, 1.54) is 21.3 Å². The Morgan fingerprint density at radius 1 is 1.06 bits per heavy atom. The predicted molar refractivity (Wildman–Crippen MR) is 121 cm³/mol. The zero-order valence-electron chi connectivity index (χ0n) is 18.9. The maximum Gasteiger partial charge on any atom is 0.251 e. The highest BCUT2D eigenvalue weighted by Crippen LogP contribution is 2.38. The van der Waals surface area contributed by atoms with Gasteiger partial charge in [0.25, 0.3) is 5.91 Å². The van der Waals surface area contributed by atoms with Crippen LogP contribution in [0.1, 0.15) is 36.5 Å². The van der Waals surface area contributed by atoms with Crippen molar-refractivity contribution in [3.05, 3.63) is 47.8 Å². The number of ether oxygens (including phenoxy) is 3. The third-order valence-electron chi connectivity index (χ3n) is 5.22. The number of fused-ring (bicyclic) bond motifs is 1. The summed E-state index contributed by atoms with van der Waals surface area (Å²) < 4.78 is 18.3. The predicted octanol–water partition coefficient (Wildman–Crippen LogP) is 4.08. The van der Waals surface area contributed by atoms with E-state index in [1.54, 1.807) is 12.1 Å². The van der Waals surface area contributed by atoms with Gasteiger partial charge in [-0.25, -0.2) is 4.98 Å². The Bertz CT molecular complexity index is 1020. The number of carbonyl (C=O) groups excluding carboxylic acids is 1. The van der Waals surface area contributed by atoms with Crippen LogP contribution in [0.5, 0.6) is 17.2 Å². The Hall–Kier alpha value is -3.22. The van der Waals surface area contributed by atoms with Gasteiger partial charge in [-0.05, 0) is 36.6 Å². The molecule has 0 saturated heterocycles. The van der Waals surface area contributed by atoms with Gasteiger partial charge in [0, 0.05) is 25.1 Å². The zero-order chi connectivity index (χ0) is 22.4. The highest BCUT2D eigenvalue weighted by atomic mass is 16.5. The van der Waals surface area contributed by atoms with E-state index in [0.717, 1.165) is 29.8 Å². The van der Waals surface area contributed by atoms with Crippen molar-refractivity contribution in [3.8, 4) is 17.2 Å². The van der Waals surface area contributed by atoms with Crippen molar-refractivity contribution < 1.29 is 19.0 Å². The molecular formula is C24H31N3O4. The SMILES string of the molecule is COc1cc(C(=O)NCCc2nc3ccccc3n2CCC(C)C)cc(OC)c1OC. The molecule has 2 aromatic carbocycles. The Morgan fingerprint density at radius 2 is 1.74 bits per heavy atom. The summed E-state index contributed by atoms with van der Waals surface area (Å²) in [7, 11) is 4.59. The molecule has 0 spiro atoms. The number of nitrogens with zero attached hydrogens (tertiary/aromatic N) is 2. The first kappa shape index (κ1) is 22.5. The minimum Gasteiger partial charge on any atom is -0.493 e. The maximum absolute atomic E-state index is 12.8. The van der Waals surface area contributed by atoms with Crippen LogP contribution in [0.25, 0.3) is 11.0 Å². The van der Waals surface area contributed by atoms with E-state index in [4.69, 9.17) is 19.2 Å². The van der Waals surface area contributed by atoms with Gasteiger partial charge in [0.1, 0.15) is 5.82 Å². The molecule has 0 atom stereocenters. The molecule has 0 aliphatic heterocycles. The highest BCUT2D eigenvalue weighted by Gasteiger charge is 2.17. The van der Waals surface area contributed by atoms with Gasteiger partial charge in [-0.2, -0.15) is 0 Å². The Balaban J connectivity index is 1.73. The molecule has 7 heteroatoms. The van der Waals surface area contributed by atoms with E-state index in [0.29, 0.717) is 41.7 Å². The number of aromatic nitrogens is 2. The maximum atomic E-state index is 12.8. The monoisotopic (exact) mass is 425 g/mol. The lowest BCUT2D eigenvalue weighted by molar-refractivity contribution is 0.0953. The van der Waals surface area contributed by atoms with Crippen molar-refractivity contribution in [2.24, 2.45) is 5.92 Å². The van der Waals surface area contributed by atoms with E-state index in [9.17, 15) is 4.79 Å². The largest absolute Gasteiger partial charge is 0.493 e. The first-order chi connectivity index (χ1) is 15.0. The summed E-state index contributed by atoms with van der Waals surface area (Å²) in [6, 6.07) is 11.5. The van der Waals surface area contributed by atoms with Gasteiger partial charge in [0.05, 0.1) is 32.4 Å². The molecule has 1 amide bonds. The fourth-order valence-corrected chi connectivity index (χ4v) is 3.56. The fourth-order valence-electron chi connectivity index (χ4n) is 3.56. The van der Waals surface area contributed by atoms with Gasteiger partial charge in [0.15, 0.2) is 11.5 Å². The standard InChI is InChI=1S/C24H31N3O4/c1-16(2)11-13-27-19-9-7-6-8-18(19)26-22(27)10-12-25-24(28)17-14-20(29-3)23(31-5)21(15-17)30-4/h6-9,14-16H,10-13H2,1-5H3,(H,25,28). The van der Waals surface area contributed by atoms with Gasteiger partial charge in [-0.1, -0.05) is 26.0 Å². The van der Waals surface area contributed by atoms with Crippen LogP contribution in [0, 0.1) is 5.92 Å². The van der Waals surface area contributed by atoms with Crippen molar-refractivity contribution in [1.29, 1.82) is 0 Å². The second-order valence-electron chi connectivity index (χ2n) is 7.77. The molecule has 0 radical (unpaired) electrons. The highest BCUT2D eigenvalue weighted by molar-refractivity contribution is 5.95. The van der Waals surface area contributed by atoms with Crippen LogP contribution in [0.15, 0.2) is 36.4 Å². The topological polar surface area (TPSA) is 74.6 Å². The van der Waals surface area contributed by atoms with Crippen LogP contribution < -0.4 is 19.5 Å². The number of amides is 1. The normalized spacial score (nSPS) is 11.0. The molecule has 0 saturated carbocycles. The molecule has 0 unspecified atom stereocenters. The van der Waals surface area contributed by atoms with Crippen molar-refractivity contribution in [1.82, 2.24) is 14.9 Å². The first-order valence-electron chi connectivity index (χ1n) is 10.5. The molecule has 7 nitrogen and oxygen atoms in total. The van der Waals surface area contributed by atoms with Crippen LogP contribution in [-0.2, 0) is 13.0 Å². The quantitative estimate of drug-likeness (QED) is 0.530. The van der Waals surface area contributed by atoms with E-state index >= 15 is 0 Å². The number of para-hydroxylation sites is 2. The summed E-state index contributed by atoms with van der Waals surface area (Å²) in [6.45, 7) is 5.82. The van der Waals surface area contributed by atoms with Crippen LogP contribution in [0.2, 0.25) is 0 Å². The first-order valence-corrected chi connectivity index (χ1v) is 10.5. The summed E-state index contributed by atoms with van der Waals surface area (Å²) in [5, 5.41) is 2.98. The Labute approximate surface area is 183 Å². The lowest BCUT2D eigenvalue weighted by Crippen LogP contribution is -2.26. The van der Waals surface area contributed by atoms with Crippen LogP contribution in [0.3, 0.4) is 0 Å². The Kier molecular flexibility index (Phi) is 7.39. The third kappa shape index (κ3) is 5.10. The second kappa shape index (κ2) is 10.2. The van der Waals surface area contributed by atoms with E-state index in [-0.39, 0.29) is 5.91 Å². The van der Waals surface area contributed by atoms with Gasteiger partial charge in [-0.3, -0.25) is 4.79 Å². The second-order valence-corrected chi connectivity index (χ2v) is 7.77.